The number of nitrogens with zero attached hydrogens (tertiary/aromatic N) is 5. The van der Waals surface area contributed by atoms with Crippen molar-refractivity contribution in [2.24, 2.45) is 0 Å². The minimum atomic E-state index is 0.545. The SMILES string of the molecule is C=C(/C=C\C=C/C)c1nc(-c2ccccc2)nc(-c2ccc3ccc(-n4c5ccccc5c5c6c7ccccc7n(-c7ccccc7)c6ccc54)cc3c2)n1. The molecule has 0 amide bonds. The fourth-order valence-corrected chi connectivity index (χ4v) is 7.89. The van der Waals surface area contributed by atoms with Crippen LogP contribution in [-0.4, -0.2) is 24.1 Å². The minimum Gasteiger partial charge on any atom is -0.309 e. The third kappa shape index (κ3) is 5.44. The van der Waals surface area contributed by atoms with E-state index in [-0.39, 0.29) is 0 Å². The van der Waals surface area contributed by atoms with Crippen LogP contribution in [0.4, 0.5) is 0 Å². The van der Waals surface area contributed by atoms with Crippen LogP contribution in [0.2, 0.25) is 0 Å². The Balaban J connectivity index is 1.16. The van der Waals surface area contributed by atoms with Crippen LogP contribution in [0.1, 0.15) is 12.7 Å². The third-order valence-corrected chi connectivity index (χ3v) is 10.4. The van der Waals surface area contributed by atoms with E-state index in [1.807, 2.05) is 61.6 Å². The molecule has 0 spiro atoms. The number of aromatic nitrogens is 5. The summed E-state index contributed by atoms with van der Waals surface area (Å²) in [6, 6.07) is 55.9. The molecule has 0 aliphatic heterocycles. The van der Waals surface area contributed by atoms with Gasteiger partial charge >= 0.3 is 0 Å². The molecule has 55 heavy (non-hydrogen) atoms. The predicted octanol–water partition coefficient (Wildman–Crippen LogP) is 12.7. The Bertz CT molecular complexity index is 3160. The van der Waals surface area contributed by atoms with Crippen molar-refractivity contribution in [2.75, 3.05) is 0 Å². The van der Waals surface area contributed by atoms with Crippen LogP contribution < -0.4 is 0 Å². The van der Waals surface area contributed by atoms with Gasteiger partial charge in [-0.25, -0.2) is 15.0 Å². The maximum atomic E-state index is 4.98. The minimum absolute atomic E-state index is 0.545. The van der Waals surface area contributed by atoms with E-state index in [2.05, 4.69) is 143 Å². The first-order valence-corrected chi connectivity index (χ1v) is 18.5. The molecule has 5 heteroatoms. The van der Waals surface area contributed by atoms with E-state index in [1.165, 1.54) is 38.1 Å². The quantitative estimate of drug-likeness (QED) is 0.155. The van der Waals surface area contributed by atoms with Gasteiger partial charge in [0, 0.05) is 49.6 Å². The summed E-state index contributed by atoms with van der Waals surface area (Å²) in [5.74, 6) is 1.76. The van der Waals surface area contributed by atoms with Gasteiger partial charge in [-0.3, -0.25) is 0 Å². The first-order valence-electron chi connectivity index (χ1n) is 18.5. The number of fused-ring (bicyclic) bond motifs is 8. The van der Waals surface area contributed by atoms with Crippen LogP contribution in [0.25, 0.3) is 94.1 Å². The second kappa shape index (κ2) is 13.2. The highest BCUT2D eigenvalue weighted by molar-refractivity contribution is 6.29. The Labute approximate surface area is 318 Å². The highest BCUT2D eigenvalue weighted by Gasteiger charge is 2.20. The van der Waals surface area contributed by atoms with E-state index in [0.29, 0.717) is 17.5 Å². The zero-order valence-corrected chi connectivity index (χ0v) is 30.3. The lowest BCUT2D eigenvalue weighted by molar-refractivity contribution is 1.04. The third-order valence-electron chi connectivity index (χ3n) is 10.4. The van der Waals surface area contributed by atoms with Gasteiger partial charge < -0.3 is 9.13 Å². The molecule has 0 unspecified atom stereocenters. The maximum absolute atomic E-state index is 4.98. The summed E-state index contributed by atoms with van der Waals surface area (Å²) in [6.07, 6.45) is 7.83. The van der Waals surface area contributed by atoms with Gasteiger partial charge in [0.1, 0.15) is 0 Å². The lowest BCUT2D eigenvalue weighted by Gasteiger charge is -2.11. The molecule has 7 aromatic carbocycles. The summed E-state index contributed by atoms with van der Waals surface area (Å²) in [7, 11) is 0. The molecule has 0 atom stereocenters. The van der Waals surface area contributed by atoms with Gasteiger partial charge in [0.2, 0.25) is 0 Å². The second-order valence-electron chi connectivity index (χ2n) is 13.7. The van der Waals surface area contributed by atoms with Crippen LogP contribution in [-0.2, 0) is 0 Å². The lowest BCUT2D eigenvalue weighted by atomic mass is 10.0. The van der Waals surface area contributed by atoms with Gasteiger partial charge in [0.15, 0.2) is 17.5 Å². The number of hydrogen-bond acceptors (Lipinski definition) is 3. The second-order valence-corrected chi connectivity index (χ2v) is 13.7. The molecule has 3 heterocycles. The maximum Gasteiger partial charge on any atom is 0.164 e. The zero-order valence-electron chi connectivity index (χ0n) is 30.3. The Kier molecular flexibility index (Phi) is 7.77. The van der Waals surface area contributed by atoms with E-state index in [4.69, 9.17) is 15.0 Å². The molecule has 0 saturated heterocycles. The Hall–Kier alpha value is -7.37. The Morgan fingerprint density at radius 3 is 1.75 bits per heavy atom. The summed E-state index contributed by atoms with van der Waals surface area (Å²) in [5, 5.41) is 7.21. The monoisotopic (exact) mass is 705 g/mol. The van der Waals surface area contributed by atoms with Gasteiger partial charge in [0.25, 0.3) is 0 Å². The summed E-state index contributed by atoms with van der Waals surface area (Å²) in [4.78, 5) is 14.8. The lowest BCUT2D eigenvalue weighted by Crippen LogP contribution is -2.02. The van der Waals surface area contributed by atoms with Crippen LogP contribution in [0.15, 0.2) is 189 Å². The first-order chi connectivity index (χ1) is 27.2. The highest BCUT2D eigenvalue weighted by Crippen LogP contribution is 2.42. The van der Waals surface area contributed by atoms with E-state index in [9.17, 15) is 0 Å². The van der Waals surface area contributed by atoms with Crippen LogP contribution in [0.3, 0.4) is 0 Å². The Morgan fingerprint density at radius 2 is 1.07 bits per heavy atom. The Morgan fingerprint density at radius 1 is 0.491 bits per heavy atom. The molecule has 0 saturated carbocycles. The molecule has 0 radical (unpaired) electrons. The average Bonchev–Trinajstić information content (AvgIpc) is 3.76. The van der Waals surface area contributed by atoms with Crippen molar-refractivity contribution in [3.8, 4) is 34.2 Å². The molecular weight excluding hydrogens is 671 g/mol. The van der Waals surface area contributed by atoms with Gasteiger partial charge in [-0.2, -0.15) is 0 Å². The summed E-state index contributed by atoms with van der Waals surface area (Å²) < 4.78 is 4.79. The fourth-order valence-electron chi connectivity index (χ4n) is 7.89. The number of allylic oxidation sites excluding steroid dienone is 5. The largest absolute Gasteiger partial charge is 0.309 e. The van der Waals surface area contributed by atoms with E-state index >= 15 is 0 Å². The number of benzene rings is 7. The zero-order chi connectivity index (χ0) is 36.9. The molecule has 10 rings (SSSR count). The van der Waals surface area contributed by atoms with E-state index in [0.717, 1.165) is 44.4 Å². The van der Waals surface area contributed by atoms with Crippen LogP contribution in [0.5, 0.6) is 0 Å². The summed E-state index contributed by atoms with van der Waals surface area (Å²) in [5.41, 5.74) is 9.51. The molecule has 3 aromatic heterocycles. The number of para-hydroxylation sites is 3. The molecule has 0 aliphatic carbocycles. The fraction of sp³-hybridized carbons (Fsp3) is 0.0200. The van der Waals surface area contributed by atoms with Crippen molar-refractivity contribution in [1.29, 1.82) is 0 Å². The van der Waals surface area contributed by atoms with Crippen molar-refractivity contribution in [1.82, 2.24) is 24.1 Å². The number of rotatable bonds is 7. The van der Waals surface area contributed by atoms with Crippen molar-refractivity contribution in [3.05, 3.63) is 194 Å². The number of hydrogen-bond donors (Lipinski definition) is 0. The standard InChI is InChI=1S/C50H35N5/c1-3-4-7-16-33(2)48-51-49(35-17-8-5-9-18-35)53-50(52-48)36-26-25-34-27-28-39(32-37(34)31-36)55-43-24-15-13-22-41(43)47-45(55)30-29-44-46(47)40-21-12-14-23-42(40)54(44)38-19-10-6-11-20-38/h3-32H,2H2,1H3/b4-3-,16-7-. The topological polar surface area (TPSA) is 48.5 Å². The van der Waals surface area contributed by atoms with Crippen LogP contribution in [0, 0.1) is 0 Å². The first kappa shape index (κ1) is 32.3. The molecule has 0 fully saturated rings. The average molecular weight is 706 g/mol. The highest BCUT2D eigenvalue weighted by atomic mass is 15.0. The van der Waals surface area contributed by atoms with Crippen molar-refractivity contribution < 1.29 is 0 Å². The van der Waals surface area contributed by atoms with Crippen LogP contribution >= 0.6 is 0 Å². The normalized spacial score (nSPS) is 12.0. The van der Waals surface area contributed by atoms with Gasteiger partial charge in [-0.15, -0.1) is 0 Å². The summed E-state index contributed by atoms with van der Waals surface area (Å²) in [6.45, 7) is 6.27. The predicted molar refractivity (Wildman–Crippen MR) is 230 cm³/mol. The molecular formula is C50H35N5. The molecule has 5 nitrogen and oxygen atoms in total. The van der Waals surface area contributed by atoms with Gasteiger partial charge in [0.05, 0.1) is 22.1 Å². The van der Waals surface area contributed by atoms with Crippen molar-refractivity contribution in [3.63, 3.8) is 0 Å². The smallest absolute Gasteiger partial charge is 0.164 e. The van der Waals surface area contributed by atoms with Crippen molar-refractivity contribution >= 4 is 60.0 Å². The van der Waals surface area contributed by atoms with Gasteiger partial charge in [-0.05, 0) is 72.3 Å². The summed E-state index contributed by atoms with van der Waals surface area (Å²) >= 11 is 0. The van der Waals surface area contributed by atoms with E-state index in [1.54, 1.807) is 0 Å². The molecule has 0 aliphatic rings. The molecule has 10 aromatic rings. The molecule has 0 bridgehead atoms. The molecule has 260 valence electrons. The van der Waals surface area contributed by atoms with E-state index < -0.39 is 0 Å². The molecule has 0 N–H and O–H groups in total. The van der Waals surface area contributed by atoms with Gasteiger partial charge in [-0.1, -0.05) is 134 Å². The van der Waals surface area contributed by atoms with Crippen molar-refractivity contribution in [2.45, 2.75) is 6.92 Å².